The molecular formula is C10H8N2O3S2. The Balaban J connectivity index is 3.17. The summed E-state index contributed by atoms with van der Waals surface area (Å²) in [7, 11) is 0. The fourth-order valence-electron chi connectivity index (χ4n) is 1.09. The number of nitriles is 1. The standard InChI is InChI=1S/C10H8N2O3S2/c11-5-7(10(12)13)3-6-1-2-8(16-14)9(4-6)17-15/h1-4,14-15H,(H2,12,13). The SMILES string of the molecule is N#CC(=Cc1ccc(SO)c(SO)c1)C(N)=O. The van der Waals surface area contributed by atoms with Gasteiger partial charge in [-0.3, -0.25) is 4.79 Å². The van der Waals surface area contributed by atoms with Crippen LogP contribution in [0.15, 0.2) is 33.6 Å². The molecule has 0 fully saturated rings. The van der Waals surface area contributed by atoms with Crippen LogP contribution in [0.4, 0.5) is 0 Å². The Morgan fingerprint density at radius 3 is 2.47 bits per heavy atom. The first-order valence-corrected chi connectivity index (χ1v) is 5.85. The minimum Gasteiger partial charge on any atom is -0.365 e. The van der Waals surface area contributed by atoms with Gasteiger partial charge in [0, 0.05) is 24.1 Å². The summed E-state index contributed by atoms with van der Waals surface area (Å²) < 4.78 is 17.9. The van der Waals surface area contributed by atoms with Crippen molar-refractivity contribution in [3.05, 3.63) is 29.3 Å². The van der Waals surface area contributed by atoms with Gasteiger partial charge in [0.05, 0.1) is 9.79 Å². The number of nitrogens with zero attached hydrogens (tertiary/aromatic N) is 1. The highest BCUT2D eigenvalue weighted by molar-refractivity contribution is 7.96. The lowest BCUT2D eigenvalue weighted by Crippen LogP contribution is -2.12. The molecule has 0 saturated carbocycles. The number of amides is 1. The van der Waals surface area contributed by atoms with Crippen LogP contribution in [0.2, 0.25) is 0 Å². The predicted molar refractivity (Wildman–Crippen MR) is 66.2 cm³/mol. The number of primary amides is 1. The summed E-state index contributed by atoms with van der Waals surface area (Å²) in [5.74, 6) is -0.814. The van der Waals surface area contributed by atoms with E-state index in [1.807, 2.05) is 0 Å². The molecule has 1 rings (SSSR count). The van der Waals surface area contributed by atoms with Crippen LogP contribution in [0.3, 0.4) is 0 Å². The van der Waals surface area contributed by atoms with Crippen LogP contribution in [0.5, 0.6) is 0 Å². The molecule has 0 heterocycles. The molecule has 88 valence electrons. The molecule has 0 saturated heterocycles. The molecule has 7 heteroatoms. The number of carbonyl (C=O) groups excluding carboxylic acids is 1. The van der Waals surface area contributed by atoms with Gasteiger partial charge in [0.1, 0.15) is 11.6 Å². The molecular weight excluding hydrogens is 260 g/mol. The Bertz CT molecular complexity index is 509. The second kappa shape index (κ2) is 6.32. The summed E-state index contributed by atoms with van der Waals surface area (Å²) >= 11 is 0.970. The van der Waals surface area contributed by atoms with Gasteiger partial charge in [-0.1, -0.05) is 6.07 Å². The van der Waals surface area contributed by atoms with E-state index in [0.717, 1.165) is 0 Å². The zero-order chi connectivity index (χ0) is 12.8. The van der Waals surface area contributed by atoms with Gasteiger partial charge >= 0.3 is 0 Å². The van der Waals surface area contributed by atoms with Gasteiger partial charge in [0.2, 0.25) is 0 Å². The lowest BCUT2D eigenvalue weighted by atomic mass is 10.1. The molecule has 1 amide bonds. The molecule has 0 aliphatic heterocycles. The first kappa shape index (κ1) is 13.6. The molecule has 0 aromatic heterocycles. The molecule has 0 aliphatic carbocycles. The summed E-state index contributed by atoms with van der Waals surface area (Å²) in [4.78, 5) is 11.7. The van der Waals surface area contributed by atoms with Crippen molar-refractivity contribution >= 4 is 36.1 Å². The van der Waals surface area contributed by atoms with Gasteiger partial charge in [0.25, 0.3) is 5.91 Å². The monoisotopic (exact) mass is 268 g/mol. The maximum Gasteiger partial charge on any atom is 0.259 e. The number of hydrogen-bond acceptors (Lipinski definition) is 6. The molecule has 0 aliphatic rings. The van der Waals surface area contributed by atoms with Gasteiger partial charge in [-0.25, -0.2) is 0 Å². The van der Waals surface area contributed by atoms with Crippen LogP contribution in [0.25, 0.3) is 6.08 Å². The zero-order valence-corrected chi connectivity index (χ0v) is 10.1. The van der Waals surface area contributed by atoms with Crippen molar-refractivity contribution in [2.45, 2.75) is 9.79 Å². The van der Waals surface area contributed by atoms with E-state index in [4.69, 9.17) is 20.1 Å². The van der Waals surface area contributed by atoms with Gasteiger partial charge in [-0.15, -0.1) is 0 Å². The van der Waals surface area contributed by atoms with Crippen LogP contribution in [-0.4, -0.2) is 15.0 Å². The first-order chi connectivity index (χ1) is 8.12. The maximum atomic E-state index is 10.8. The largest absolute Gasteiger partial charge is 0.365 e. The average molecular weight is 268 g/mol. The highest BCUT2D eigenvalue weighted by atomic mass is 32.2. The third-order valence-corrected chi connectivity index (χ3v) is 3.08. The van der Waals surface area contributed by atoms with Gasteiger partial charge in [-0.05, 0) is 23.8 Å². The van der Waals surface area contributed by atoms with E-state index in [1.165, 1.54) is 12.1 Å². The smallest absolute Gasteiger partial charge is 0.259 e. The second-order valence-corrected chi connectivity index (χ2v) is 4.17. The summed E-state index contributed by atoms with van der Waals surface area (Å²) in [6.07, 6.45) is 1.31. The Kier molecular flexibility index (Phi) is 5.06. The fraction of sp³-hybridized carbons (Fsp3) is 0. The highest BCUT2D eigenvalue weighted by Crippen LogP contribution is 2.29. The fourth-order valence-corrected chi connectivity index (χ4v) is 1.93. The lowest BCUT2D eigenvalue weighted by Gasteiger charge is -2.03. The van der Waals surface area contributed by atoms with Crippen molar-refractivity contribution in [2.24, 2.45) is 5.73 Å². The molecule has 1 aromatic rings. The Labute approximate surface area is 106 Å². The van der Waals surface area contributed by atoms with Crippen molar-refractivity contribution in [3.8, 4) is 6.07 Å². The molecule has 0 unspecified atom stereocenters. The summed E-state index contributed by atoms with van der Waals surface area (Å²) in [6, 6.07) is 6.37. The molecule has 0 radical (unpaired) electrons. The highest BCUT2D eigenvalue weighted by Gasteiger charge is 2.06. The molecule has 1 aromatic carbocycles. The van der Waals surface area contributed by atoms with Crippen molar-refractivity contribution in [1.29, 1.82) is 5.26 Å². The number of benzene rings is 1. The van der Waals surface area contributed by atoms with Crippen LogP contribution in [0, 0.1) is 11.3 Å². The van der Waals surface area contributed by atoms with Crippen molar-refractivity contribution in [2.75, 3.05) is 0 Å². The summed E-state index contributed by atoms with van der Waals surface area (Å²) in [5, 5.41) is 8.67. The second-order valence-electron chi connectivity index (χ2n) is 2.92. The Morgan fingerprint density at radius 1 is 1.35 bits per heavy atom. The normalized spacial score (nSPS) is 11.0. The van der Waals surface area contributed by atoms with Crippen molar-refractivity contribution in [1.82, 2.24) is 0 Å². The third-order valence-electron chi connectivity index (χ3n) is 1.86. The van der Waals surface area contributed by atoms with Gasteiger partial charge in [0.15, 0.2) is 0 Å². The number of carbonyl (C=O) groups is 1. The molecule has 17 heavy (non-hydrogen) atoms. The lowest BCUT2D eigenvalue weighted by molar-refractivity contribution is -0.114. The van der Waals surface area contributed by atoms with E-state index in [2.05, 4.69) is 0 Å². The zero-order valence-electron chi connectivity index (χ0n) is 8.45. The molecule has 0 bridgehead atoms. The van der Waals surface area contributed by atoms with E-state index < -0.39 is 5.91 Å². The Hall–Kier alpha value is -1.46. The van der Waals surface area contributed by atoms with E-state index in [9.17, 15) is 4.79 Å². The summed E-state index contributed by atoms with van der Waals surface area (Å²) in [6.45, 7) is 0. The van der Waals surface area contributed by atoms with E-state index in [-0.39, 0.29) is 5.57 Å². The van der Waals surface area contributed by atoms with Crippen molar-refractivity contribution < 1.29 is 13.9 Å². The first-order valence-electron chi connectivity index (χ1n) is 4.31. The van der Waals surface area contributed by atoms with Crippen LogP contribution < -0.4 is 5.73 Å². The van der Waals surface area contributed by atoms with Crippen LogP contribution in [0.1, 0.15) is 5.56 Å². The number of hydrogen-bond donors (Lipinski definition) is 3. The quantitative estimate of drug-likeness (QED) is 0.439. The molecule has 0 atom stereocenters. The van der Waals surface area contributed by atoms with Gasteiger partial charge in [-0.2, -0.15) is 5.26 Å². The predicted octanol–water partition coefficient (Wildman–Crippen LogP) is 2.21. The van der Waals surface area contributed by atoms with Gasteiger partial charge < -0.3 is 14.8 Å². The summed E-state index contributed by atoms with van der Waals surface area (Å²) in [5.41, 5.74) is 5.35. The van der Waals surface area contributed by atoms with E-state index in [1.54, 1.807) is 18.2 Å². The number of nitrogens with two attached hydrogens (primary N) is 1. The molecule has 5 nitrogen and oxygen atoms in total. The Morgan fingerprint density at radius 2 is 2.00 bits per heavy atom. The topological polar surface area (TPSA) is 107 Å². The average Bonchev–Trinajstić information content (AvgIpc) is 2.35. The third kappa shape index (κ3) is 3.51. The van der Waals surface area contributed by atoms with E-state index in [0.29, 0.717) is 39.4 Å². The molecule has 0 spiro atoms. The minimum absolute atomic E-state index is 0.178. The van der Waals surface area contributed by atoms with E-state index >= 15 is 0 Å². The minimum atomic E-state index is -0.814. The van der Waals surface area contributed by atoms with Crippen LogP contribution in [-0.2, 0) is 4.79 Å². The molecule has 4 N–H and O–H groups in total. The maximum absolute atomic E-state index is 10.8. The van der Waals surface area contributed by atoms with Crippen LogP contribution >= 0.6 is 24.1 Å². The van der Waals surface area contributed by atoms with Crippen molar-refractivity contribution in [3.63, 3.8) is 0 Å². The number of rotatable bonds is 4.